The Kier molecular flexibility index (Phi) is 29.2. The highest BCUT2D eigenvalue weighted by Gasteiger charge is 2.47. The molecule has 7 N–H and O–H groups in total. The van der Waals surface area contributed by atoms with Crippen LogP contribution >= 0.6 is 0 Å². The Hall–Kier alpha value is -2.80. The fourth-order valence-corrected chi connectivity index (χ4v) is 6.37. The predicted molar refractivity (Wildman–Crippen MR) is 224 cm³/mol. The van der Waals surface area contributed by atoms with E-state index < -0.39 is 99.3 Å². The number of aliphatic hydroxyl groups is 7. The van der Waals surface area contributed by atoms with Gasteiger partial charge in [0.1, 0.15) is 55.4 Å². The highest BCUT2D eigenvalue weighted by Crippen LogP contribution is 2.26. The maximum atomic E-state index is 12.8. The van der Waals surface area contributed by atoms with Crippen molar-refractivity contribution >= 4 is 11.9 Å². The summed E-state index contributed by atoms with van der Waals surface area (Å²) in [5.74, 6) is -1.01. The molecule has 2 heterocycles. The van der Waals surface area contributed by atoms with E-state index in [1.807, 2.05) is 12.2 Å². The average molecular weight is 855 g/mol. The molecule has 0 aromatic carbocycles. The monoisotopic (exact) mass is 855 g/mol. The molecule has 0 bridgehead atoms. The van der Waals surface area contributed by atoms with Crippen LogP contribution in [-0.4, -0.2) is 142 Å². The van der Waals surface area contributed by atoms with Crippen LogP contribution in [0.15, 0.2) is 60.8 Å². The molecule has 0 radical (unpaired) electrons. The molecular formula is C45H74O15. The molecule has 2 aliphatic heterocycles. The van der Waals surface area contributed by atoms with Crippen LogP contribution in [-0.2, 0) is 38.0 Å². The molecule has 0 amide bonds. The van der Waals surface area contributed by atoms with Crippen LogP contribution in [0.1, 0.15) is 117 Å². The molecule has 0 spiro atoms. The summed E-state index contributed by atoms with van der Waals surface area (Å²) in [5, 5.41) is 71.7. The Morgan fingerprint density at radius 1 is 0.550 bits per heavy atom. The van der Waals surface area contributed by atoms with Crippen molar-refractivity contribution in [3.8, 4) is 0 Å². The van der Waals surface area contributed by atoms with Crippen LogP contribution in [0.4, 0.5) is 0 Å². The quantitative estimate of drug-likeness (QED) is 0.0295. The van der Waals surface area contributed by atoms with E-state index in [9.17, 15) is 45.3 Å². The summed E-state index contributed by atoms with van der Waals surface area (Å²) in [7, 11) is 0. The Labute approximate surface area is 356 Å². The lowest BCUT2D eigenvalue weighted by molar-refractivity contribution is -0.332. The third kappa shape index (κ3) is 21.8. The van der Waals surface area contributed by atoms with Gasteiger partial charge in [-0.1, -0.05) is 113 Å². The third-order valence-electron chi connectivity index (χ3n) is 10.0. The van der Waals surface area contributed by atoms with E-state index in [-0.39, 0.29) is 19.4 Å². The summed E-state index contributed by atoms with van der Waals surface area (Å²) in [4.78, 5) is 25.4. The van der Waals surface area contributed by atoms with Crippen molar-refractivity contribution < 1.29 is 73.8 Å². The summed E-state index contributed by atoms with van der Waals surface area (Å²) >= 11 is 0. The molecule has 2 saturated heterocycles. The first kappa shape index (κ1) is 53.3. The fraction of sp³-hybridized carbons (Fsp3) is 0.733. The number of hydrogen-bond donors (Lipinski definition) is 7. The maximum absolute atomic E-state index is 12.8. The molecule has 344 valence electrons. The zero-order chi connectivity index (χ0) is 44.0. The molecule has 0 aliphatic carbocycles. The van der Waals surface area contributed by atoms with Crippen LogP contribution in [0.5, 0.6) is 0 Å². The molecule has 4 unspecified atom stereocenters. The van der Waals surface area contributed by atoms with Gasteiger partial charge in [0, 0.05) is 12.8 Å². The predicted octanol–water partition coefficient (Wildman–Crippen LogP) is 4.14. The molecule has 2 rings (SSSR count). The lowest BCUT2D eigenvalue weighted by Crippen LogP contribution is -2.61. The van der Waals surface area contributed by atoms with Crippen molar-refractivity contribution in [2.45, 2.75) is 184 Å². The number of carbonyl (C=O) groups excluding carboxylic acids is 2. The van der Waals surface area contributed by atoms with Crippen LogP contribution in [0.25, 0.3) is 0 Å². The third-order valence-corrected chi connectivity index (χ3v) is 10.0. The largest absolute Gasteiger partial charge is 0.462 e. The topological polar surface area (TPSA) is 231 Å². The Morgan fingerprint density at radius 3 is 1.63 bits per heavy atom. The SMILES string of the molecule is CC/C=C/C/C=C/C/C=C/C/C=C/C/C=C/CCCC(=O)OC[C@@H](CO[C@@H]1O[C@H](CO[C@@H]2O[C@H](CO)[C@H](O)C(O)C2O)[C@H](O)C(O)C1O)OC(=O)CCCCCCCCC. The number of carbonyl (C=O) groups is 2. The Balaban J connectivity index is 1.86. The minimum absolute atomic E-state index is 0.137. The minimum Gasteiger partial charge on any atom is -0.462 e. The van der Waals surface area contributed by atoms with E-state index in [0.717, 1.165) is 64.2 Å². The number of rotatable bonds is 31. The van der Waals surface area contributed by atoms with Crippen molar-refractivity contribution in [2.75, 3.05) is 26.4 Å². The zero-order valence-electron chi connectivity index (χ0n) is 35.7. The Morgan fingerprint density at radius 2 is 1.05 bits per heavy atom. The van der Waals surface area contributed by atoms with Gasteiger partial charge in [-0.3, -0.25) is 9.59 Å². The summed E-state index contributed by atoms with van der Waals surface area (Å²) in [6, 6.07) is 0. The standard InChI is InChI=1S/C45H74O15/c1-3-5-7-9-11-12-13-14-15-16-17-18-19-20-22-23-25-27-36(47)55-30-33(58-37(48)28-26-24-21-10-8-6-4-2)31-56-44-43(54)41(52)39(50)35(60-44)32-57-45-42(53)40(51)38(49)34(29-46)59-45/h5,7,11-12,14-15,17-18,20,22,33-35,38-46,49-54H,3-4,6,8-10,13,16,19,21,23-32H2,1-2H3/b7-5+,12-11+,15-14+,18-17+,22-20+/t33-,34+,35+,38-,39-,40?,41?,42?,43?,44+,45+/m0/s1. The van der Waals surface area contributed by atoms with Gasteiger partial charge in [0.15, 0.2) is 18.7 Å². The molecule has 2 aliphatic rings. The van der Waals surface area contributed by atoms with Crippen LogP contribution in [0, 0.1) is 0 Å². The van der Waals surface area contributed by atoms with Gasteiger partial charge in [-0.25, -0.2) is 0 Å². The number of unbranched alkanes of at least 4 members (excludes halogenated alkanes) is 7. The molecule has 15 nitrogen and oxygen atoms in total. The molecule has 0 saturated carbocycles. The van der Waals surface area contributed by atoms with Gasteiger partial charge < -0.3 is 64.2 Å². The van der Waals surface area contributed by atoms with E-state index in [1.165, 1.54) is 6.42 Å². The van der Waals surface area contributed by atoms with Crippen LogP contribution in [0.3, 0.4) is 0 Å². The highest BCUT2D eigenvalue weighted by molar-refractivity contribution is 5.70. The van der Waals surface area contributed by atoms with Gasteiger partial charge in [-0.2, -0.15) is 0 Å². The molecule has 11 atom stereocenters. The molecular weight excluding hydrogens is 780 g/mol. The van der Waals surface area contributed by atoms with Gasteiger partial charge in [-0.05, 0) is 51.4 Å². The van der Waals surface area contributed by atoms with Crippen molar-refractivity contribution in [1.29, 1.82) is 0 Å². The number of aliphatic hydroxyl groups excluding tert-OH is 7. The van der Waals surface area contributed by atoms with Crippen LogP contribution < -0.4 is 0 Å². The van der Waals surface area contributed by atoms with Gasteiger partial charge >= 0.3 is 11.9 Å². The number of ether oxygens (including phenoxy) is 6. The first-order chi connectivity index (χ1) is 29.0. The van der Waals surface area contributed by atoms with E-state index in [2.05, 4.69) is 62.5 Å². The molecule has 60 heavy (non-hydrogen) atoms. The highest BCUT2D eigenvalue weighted by atomic mass is 16.7. The molecule has 0 aromatic rings. The first-order valence-electron chi connectivity index (χ1n) is 21.9. The first-order valence-corrected chi connectivity index (χ1v) is 21.9. The Bertz CT molecular complexity index is 1280. The molecule has 0 aromatic heterocycles. The van der Waals surface area contributed by atoms with E-state index in [0.29, 0.717) is 19.3 Å². The second-order valence-electron chi connectivity index (χ2n) is 15.1. The summed E-state index contributed by atoms with van der Waals surface area (Å²) in [5.41, 5.74) is 0. The van der Waals surface area contributed by atoms with Crippen molar-refractivity contribution in [1.82, 2.24) is 0 Å². The van der Waals surface area contributed by atoms with Crippen molar-refractivity contribution in [3.63, 3.8) is 0 Å². The molecule has 15 heteroatoms. The number of esters is 2. The van der Waals surface area contributed by atoms with Gasteiger partial charge in [0.25, 0.3) is 0 Å². The van der Waals surface area contributed by atoms with Gasteiger partial charge in [0.05, 0.1) is 19.8 Å². The lowest BCUT2D eigenvalue weighted by Gasteiger charge is -2.42. The number of allylic oxidation sites excluding steroid dienone is 10. The van der Waals surface area contributed by atoms with Crippen molar-refractivity contribution in [3.05, 3.63) is 60.8 Å². The van der Waals surface area contributed by atoms with E-state index in [4.69, 9.17) is 28.4 Å². The second-order valence-corrected chi connectivity index (χ2v) is 15.1. The summed E-state index contributed by atoms with van der Waals surface area (Å²) in [6.07, 6.45) is 17.4. The number of hydrogen-bond acceptors (Lipinski definition) is 15. The fourth-order valence-electron chi connectivity index (χ4n) is 6.37. The maximum Gasteiger partial charge on any atom is 0.306 e. The van der Waals surface area contributed by atoms with Gasteiger partial charge in [0.2, 0.25) is 0 Å². The van der Waals surface area contributed by atoms with E-state index >= 15 is 0 Å². The minimum atomic E-state index is -1.77. The van der Waals surface area contributed by atoms with Crippen LogP contribution in [0.2, 0.25) is 0 Å². The molecule has 2 fully saturated rings. The lowest BCUT2D eigenvalue weighted by atomic mass is 9.98. The smallest absolute Gasteiger partial charge is 0.306 e. The van der Waals surface area contributed by atoms with Gasteiger partial charge in [-0.15, -0.1) is 0 Å². The zero-order valence-corrected chi connectivity index (χ0v) is 35.7. The second kappa shape index (κ2) is 32.9. The average Bonchev–Trinajstić information content (AvgIpc) is 3.24. The van der Waals surface area contributed by atoms with E-state index in [1.54, 1.807) is 0 Å². The normalized spacial score (nSPS) is 28.1. The van der Waals surface area contributed by atoms with Crippen molar-refractivity contribution in [2.24, 2.45) is 0 Å². The summed E-state index contributed by atoms with van der Waals surface area (Å²) in [6.45, 7) is 2.31. The summed E-state index contributed by atoms with van der Waals surface area (Å²) < 4.78 is 33.2.